The highest BCUT2D eigenvalue weighted by Gasteiger charge is 2.25. The molecule has 1 saturated carbocycles. The lowest BCUT2D eigenvalue weighted by Gasteiger charge is -2.28. The summed E-state index contributed by atoms with van der Waals surface area (Å²) >= 11 is 0. The summed E-state index contributed by atoms with van der Waals surface area (Å²) in [6.45, 7) is 8.81. The maximum absolute atomic E-state index is 5.99. The zero-order chi connectivity index (χ0) is 14.8. The van der Waals surface area contributed by atoms with Gasteiger partial charge in [-0.3, -0.25) is 0 Å². The van der Waals surface area contributed by atoms with E-state index in [-0.39, 0.29) is 5.41 Å². The molecule has 0 bridgehead atoms. The van der Waals surface area contributed by atoms with Gasteiger partial charge in [-0.25, -0.2) is 9.97 Å². The van der Waals surface area contributed by atoms with Crippen molar-refractivity contribution in [3.05, 3.63) is 17.6 Å². The molecule has 20 heavy (non-hydrogen) atoms. The number of rotatable bonds is 3. The molecule has 0 atom stereocenters. The summed E-state index contributed by atoms with van der Waals surface area (Å²) in [5.74, 6) is 3.02. The molecule has 0 radical (unpaired) electrons. The normalized spacial score (nSPS) is 23.8. The van der Waals surface area contributed by atoms with E-state index in [1.807, 2.05) is 6.07 Å². The van der Waals surface area contributed by atoms with Crippen LogP contribution >= 0.6 is 0 Å². The van der Waals surface area contributed by atoms with Crippen LogP contribution in [-0.4, -0.2) is 9.97 Å². The molecule has 1 heterocycles. The highest BCUT2D eigenvalue weighted by Crippen LogP contribution is 2.37. The summed E-state index contributed by atoms with van der Waals surface area (Å²) < 4.78 is 0. The molecular formula is C17H29N3. The van der Waals surface area contributed by atoms with Crippen molar-refractivity contribution in [3.8, 4) is 0 Å². The average molecular weight is 275 g/mol. The second kappa shape index (κ2) is 6.11. The first kappa shape index (κ1) is 15.3. The van der Waals surface area contributed by atoms with Gasteiger partial charge in [0.2, 0.25) is 0 Å². The van der Waals surface area contributed by atoms with Crippen LogP contribution in [0.4, 0.5) is 5.82 Å². The molecule has 3 heteroatoms. The Labute approximate surface area is 123 Å². The van der Waals surface area contributed by atoms with Crippen LogP contribution in [0.15, 0.2) is 6.07 Å². The summed E-state index contributed by atoms with van der Waals surface area (Å²) in [5.41, 5.74) is 7.09. The number of anilines is 1. The summed E-state index contributed by atoms with van der Waals surface area (Å²) in [6.07, 6.45) is 7.76. The lowest BCUT2D eigenvalue weighted by atomic mass is 9.79. The van der Waals surface area contributed by atoms with Crippen molar-refractivity contribution < 1.29 is 0 Å². The second-order valence-corrected chi connectivity index (χ2v) is 7.29. The van der Waals surface area contributed by atoms with Gasteiger partial charge in [0.05, 0.1) is 5.69 Å². The Balaban J connectivity index is 2.12. The van der Waals surface area contributed by atoms with E-state index in [1.54, 1.807) is 0 Å². The SMILES string of the molecule is CCCC1CCC(c2nc(N)cc(C(C)(C)C)n2)CC1. The highest BCUT2D eigenvalue weighted by molar-refractivity contribution is 5.33. The lowest BCUT2D eigenvalue weighted by molar-refractivity contribution is 0.301. The molecular weight excluding hydrogens is 246 g/mol. The minimum atomic E-state index is 0.0330. The third kappa shape index (κ3) is 3.71. The van der Waals surface area contributed by atoms with E-state index in [2.05, 4.69) is 32.7 Å². The molecule has 0 aliphatic heterocycles. The van der Waals surface area contributed by atoms with Crippen LogP contribution in [0, 0.1) is 5.92 Å². The van der Waals surface area contributed by atoms with Gasteiger partial charge >= 0.3 is 0 Å². The molecule has 2 rings (SSSR count). The molecule has 1 aliphatic rings. The Bertz CT molecular complexity index is 440. The number of hydrogen-bond acceptors (Lipinski definition) is 3. The Morgan fingerprint density at radius 3 is 2.35 bits per heavy atom. The van der Waals surface area contributed by atoms with E-state index in [0.717, 1.165) is 17.4 Å². The van der Waals surface area contributed by atoms with Crippen molar-refractivity contribution in [2.24, 2.45) is 5.92 Å². The van der Waals surface area contributed by atoms with E-state index < -0.39 is 0 Å². The van der Waals surface area contributed by atoms with Gasteiger partial charge in [-0.05, 0) is 31.6 Å². The van der Waals surface area contributed by atoms with Gasteiger partial charge in [-0.15, -0.1) is 0 Å². The highest BCUT2D eigenvalue weighted by atomic mass is 15.0. The molecule has 1 aromatic heterocycles. The molecule has 0 spiro atoms. The van der Waals surface area contributed by atoms with Gasteiger partial charge in [-0.2, -0.15) is 0 Å². The summed E-state index contributed by atoms with van der Waals surface area (Å²) in [4.78, 5) is 9.32. The minimum absolute atomic E-state index is 0.0330. The molecule has 0 unspecified atom stereocenters. The molecule has 3 nitrogen and oxygen atoms in total. The molecule has 112 valence electrons. The van der Waals surface area contributed by atoms with Gasteiger partial charge in [0.25, 0.3) is 0 Å². The lowest BCUT2D eigenvalue weighted by Crippen LogP contribution is -2.20. The monoisotopic (exact) mass is 275 g/mol. The van der Waals surface area contributed by atoms with Gasteiger partial charge in [0.1, 0.15) is 11.6 Å². The van der Waals surface area contributed by atoms with Gasteiger partial charge in [0.15, 0.2) is 0 Å². The van der Waals surface area contributed by atoms with Crippen LogP contribution in [0.5, 0.6) is 0 Å². The van der Waals surface area contributed by atoms with Gasteiger partial charge in [-0.1, -0.05) is 40.5 Å². The van der Waals surface area contributed by atoms with E-state index in [9.17, 15) is 0 Å². The fraction of sp³-hybridized carbons (Fsp3) is 0.765. The second-order valence-electron chi connectivity index (χ2n) is 7.29. The standard InChI is InChI=1S/C17H29N3/c1-5-6-12-7-9-13(10-8-12)16-19-14(17(2,3)4)11-15(18)20-16/h11-13H,5-10H2,1-4H3,(H2,18,19,20). The van der Waals surface area contributed by atoms with Crippen molar-refractivity contribution >= 4 is 5.82 Å². The Morgan fingerprint density at radius 2 is 1.80 bits per heavy atom. The van der Waals surface area contributed by atoms with E-state index in [4.69, 9.17) is 10.7 Å². The summed E-state index contributed by atoms with van der Waals surface area (Å²) in [6, 6.07) is 1.92. The summed E-state index contributed by atoms with van der Waals surface area (Å²) in [5, 5.41) is 0. The number of nitrogens with zero attached hydrogens (tertiary/aromatic N) is 2. The quantitative estimate of drug-likeness (QED) is 0.887. The average Bonchev–Trinajstić information content (AvgIpc) is 2.38. The first-order valence-electron chi connectivity index (χ1n) is 8.05. The Hall–Kier alpha value is -1.12. The molecule has 0 amide bonds. The van der Waals surface area contributed by atoms with Crippen LogP contribution < -0.4 is 5.73 Å². The maximum Gasteiger partial charge on any atom is 0.134 e. The molecule has 2 N–H and O–H groups in total. The van der Waals surface area contributed by atoms with Crippen LogP contribution in [-0.2, 0) is 5.41 Å². The number of hydrogen-bond donors (Lipinski definition) is 1. The first-order chi connectivity index (χ1) is 9.40. The molecule has 1 fully saturated rings. The van der Waals surface area contributed by atoms with E-state index in [1.165, 1.54) is 38.5 Å². The smallest absolute Gasteiger partial charge is 0.134 e. The predicted octanol–water partition coefficient (Wildman–Crippen LogP) is 4.43. The van der Waals surface area contributed by atoms with Crippen LogP contribution in [0.2, 0.25) is 0 Å². The van der Waals surface area contributed by atoms with Crippen LogP contribution in [0.1, 0.15) is 83.7 Å². The Morgan fingerprint density at radius 1 is 1.15 bits per heavy atom. The summed E-state index contributed by atoms with van der Waals surface area (Å²) in [7, 11) is 0. The van der Waals surface area contributed by atoms with E-state index in [0.29, 0.717) is 11.7 Å². The fourth-order valence-electron chi connectivity index (χ4n) is 3.17. The Kier molecular flexibility index (Phi) is 4.66. The van der Waals surface area contributed by atoms with Crippen molar-refractivity contribution in [3.63, 3.8) is 0 Å². The maximum atomic E-state index is 5.99. The largest absolute Gasteiger partial charge is 0.384 e. The molecule has 0 aromatic carbocycles. The van der Waals surface area contributed by atoms with Crippen molar-refractivity contribution in [1.29, 1.82) is 0 Å². The number of aromatic nitrogens is 2. The van der Waals surface area contributed by atoms with Crippen LogP contribution in [0.3, 0.4) is 0 Å². The van der Waals surface area contributed by atoms with Crippen molar-refractivity contribution in [2.45, 2.75) is 77.6 Å². The molecule has 1 aliphatic carbocycles. The number of nitrogen functional groups attached to an aromatic ring is 1. The van der Waals surface area contributed by atoms with Gasteiger partial charge < -0.3 is 5.73 Å². The minimum Gasteiger partial charge on any atom is -0.384 e. The van der Waals surface area contributed by atoms with Crippen molar-refractivity contribution in [2.75, 3.05) is 5.73 Å². The van der Waals surface area contributed by atoms with Crippen LogP contribution in [0.25, 0.3) is 0 Å². The molecule has 1 aromatic rings. The van der Waals surface area contributed by atoms with Gasteiger partial charge in [0, 0.05) is 17.4 Å². The van der Waals surface area contributed by atoms with Crippen molar-refractivity contribution in [1.82, 2.24) is 9.97 Å². The zero-order valence-electron chi connectivity index (χ0n) is 13.4. The third-order valence-electron chi connectivity index (χ3n) is 4.44. The topological polar surface area (TPSA) is 51.8 Å². The predicted molar refractivity (Wildman–Crippen MR) is 84.8 cm³/mol. The first-order valence-corrected chi connectivity index (χ1v) is 8.05. The number of nitrogens with two attached hydrogens (primary N) is 1. The fourth-order valence-corrected chi connectivity index (χ4v) is 3.17. The third-order valence-corrected chi connectivity index (χ3v) is 4.44. The molecule has 0 saturated heterocycles. The van der Waals surface area contributed by atoms with E-state index >= 15 is 0 Å². The zero-order valence-corrected chi connectivity index (χ0v) is 13.4.